The number of alkyl halides is 1. The average molecular weight is 603 g/mol. The highest BCUT2D eigenvalue weighted by Gasteiger charge is 2.54. The number of ketones is 1. The first-order chi connectivity index (χ1) is 19.6. The van der Waals surface area contributed by atoms with Crippen molar-refractivity contribution < 1.29 is 27.1 Å². The summed E-state index contributed by atoms with van der Waals surface area (Å²) in [6.07, 6.45) is 4.51. The van der Waals surface area contributed by atoms with Crippen LogP contribution in [0.5, 0.6) is 5.75 Å². The van der Waals surface area contributed by atoms with Gasteiger partial charge in [-0.2, -0.15) is 0 Å². The minimum Gasteiger partial charge on any atom is -0.495 e. The largest absolute Gasteiger partial charge is 0.495 e. The van der Waals surface area contributed by atoms with Crippen LogP contribution < -0.4 is 4.74 Å². The summed E-state index contributed by atoms with van der Waals surface area (Å²) < 4.78 is 43.6. The fourth-order valence-electron chi connectivity index (χ4n) is 4.71. The average Bonchev–Trinajstić information content (AvgIpc) is 3.69. The van der Waals surface area contributed by atoms with Gasteiger partial charge in [-0.05, 0) is 50.3 Å². The van der Waals surface area contributed by atoms with Gasteiger partial charge in [0.1, 0.15) is 28.9 Å². The quantitative estimate of drug-likeness (QED) is 0.242. The standard InChI is InChI=1S/C29H35FN4O5S2/c1-21-27(24(35)20-41(37,38)33(2)17-15-30)32-26(40-21)19-34(16-7-10-22-8-5-4-6-9-22)28(36)29(13-14-29)25-12-11-23(39-3)18-31-25/h4-6,8-9,11-12,18H,7,10,13-17,19-20H2,1-3H3. The van der Waals surface area contributed by atoms with E-state index in [1.807, 2.05) is 24.3 Å². The van der Waals surface area contributed by atoms with Gasteiger partial charge in [-0.3, -0.25) is 14.6 Å². The van der Waals surface area contributed by atoms with Crippen LogP contribution in [-0.2, 0) is 33.2 Å². The smallest absolute Gasteiger partial charge is 0.235 e. The van der Waals surface area contributed by atoms with Crippen LogP contribution in [0.4, 0.5) is 4.39 Å². The lowest BCUT2D eigenvalue weighted by Gasteiger charge is -2.27. The molecule has 1 aliphatic rings. The predicted molar refractivity (Wildman–Crippen MR) is 155 cm³/mol. The Hall–Kier alpha value is -3.22. The highest BCUT2D eigenvalue weighted by atomic mass is 32.2. The Labute approximate surface area is 244 Å². The van der Waals surface area contributed by atoms with Gasteiger partial charge in [-0.15, -0.1) is 11.3 Å². The summed E-state index contributed by atoms with van der Waals surface area (Å²) in [5, 5.41) is 0.548. The number of carbonyl (C=O) groups excluding carboxylic acids is 2. The molecule has 0 atom stereocenters. The highest BCUT2D eigenvalue weighted by Crippen LogP contribution is 2.49. The minimum atomic E-state index is -3.97. The topological polar surface area (TPSA) is 110 Å². The molecule has 0 bridgehead atoms. The van der Waals surface area contributed by atoms with Gasteiger partial charge in [0.25, 0.3) is 0 Å². The molecule has 12 heteroatoms. The third-order valence-electron chi connectivity index (χ3n) is 7.26. The van der Waals surface area contributed by atoms with Crippen molar-refractivity contribution in [3.63, 3.8) is 0 Å². The second-order valence-electron chi connectivity index (χ2n) is 10.2. The SMILES string of the molecule is COc1ccc(C2(C(=O)N(CCCc3ccccc3)Cc3nc(C(=O)CS(=O)(=O)N(C)CCF)c(C)s3)CC2)nc1. The van der Waals surface area contributed by atoms with Gasteiger partial charge >= 0.3 is 0 Å². The van der Waals surface area contributed by atoms with Gasteiger partial charge in [0.15, 0.2) is 5.78 Å². The number of sulfonamides is 1. The first-order valence-electron chi connectivity index (χ1n) is 13.4. The maximum atomic E-state index is 14.0. The van der Waals surface area contributed by atoms with Crippen LogP contribution in [0.2, 0.25) is 0 Å². The number of thiazole rings is 1. The number of pyridine rings is 1. The van der Waals surface area contributed by atoms with E-state index in [2.05, 4.69) is 22.1 Å². The number of methoxy groups -OCH3 is 1. The molecule has 220 valence electrons. The zero-order valence-corrected chi connectivity index (χ0v) is 25.1. The maximum absolute atomic E-state index is 14.0. The molecule has 0 spiro atoms. The normalized spacial score (nSPS) is 14.2. The van der Waals surface area contributed by atoms with E-state index < -0.39 is 33.6 Å². The van der Waals surface area contributed by atoms with E-state index in [1.165, 1.54) is 23.9 Å². The number of benzene rings is 1. The molecule has 2 aromatic heterocycles. The van der Waals surface area contributed by atoms with E-state index in [0.717, 1.165) is 17.1 Å². The van der Waals surface area contributed by atoms with Crippen LogP contribution in [0.15, 0.2) is 48.7 Å². The third-order valence-corrected chi connectivity index (χ3v) is 9.98. The number of aryl methyl sites for hydroxylation is 2. The summed E-state index contributed by atoms with van der Waals surface area (Å²) in [6, 6.07) is 13.7. The van der Waals surface area contributed by atoms with Crippen molar-refractivity contribution in [3.8, 4) is 5.75 Å². The molecule has 0 N–H and O–H groups in total. The molecule has 2 heterocycles. The molecule has 9 nitrogen and oxygen atoms in total. The fourth-order valence-corrected chi connectivity index (χ4v) is 6.71. The molecule has 0 saturated heterocycles. The number of halogens is 1. The lowest BCUT2D eigenvalue weighted by Crippen LogP contribution is -2.40. The molecular weight excluding hydrogens is 567 g/mol. The van der Waals surface area contributed by atoms with Crippen molar-refractivity contribution >= 4 is 33.1 Å². The molecule has 4 rings (SSSR count). The van der Waals surface area contributed by atoms with Crippen molar-refractivity contribution in [2.24, 2.45) is 0 Å². The predicted octanol–water partition coefficient (Wildman–Crippen LogP) is 3.96. The molecular formula is C29H35FN4O5S2. The molecule has 3 aromatic rings. The van der Waals surface area contributed by atoms with Gasteiger partial charge in [0.05, 0.1) is 31.0 Å². The van der Waals surface area contributed by atoms with Gasteiger partial charge < -0.3 is 9.64 Å². The van der Waals surface area contributed by atoms with E-state index in [0.29, 0.717) is 40.7 Å². The summed E-state index contributed by atoms with van der Waals surface area (Å²) in [6.45, 7) is 1.22. The summed E-state index contributed by atoms with van der Waals surface area (Å²) in [5.41, 5.74) is 1.23. The number of hydrogen-bond acceptors (Lipinski definition) is 8. The van der Waals surface area contributed by atoms with E-state index in [9.17, 15) is 22.4 Å². The van der Waals surface area contributed by atoms with Crippen LogP contribution in [0, 0.1) is 6.92 Å². The summed E-state index contributed by atoms with van der Waals surface area (Å²) in [5.74, 6) is -0.873. The molecule has 1 amide bonds. The van der Waals surface area contributed by atoms with E-state index in [-0.39, 0.29) is 24.7 Å². The van der Waals surface area contributed by atoms with E-state index >= 15 is 0 Å². The van der Waals surface area contributed by atoms with Crippen LogP contribution in [0.25, 0.3) is 0 Å². The van der Waals surface area contributed by atoms with Gasteiger partial charge in [0, 0.05) is 25.0 Å². The van der Waals surface area contributed by atoms with Crippen LogP contribution in [0.3, 0.4) is 0 Å². The van der Waals surface area contributed by atoms with Gasteiger partial charge in [-0.1, -0.05) is 30.3 Å². The lowest BCUT2D eigenvalue weighted by atomic mass is 9.99. The second kappa shape index (κ2) is 13.2. The van der Waals surface area contributed by atoms with Crippen LogP contribution in [-0.4, -0.2) is 79.0 Å². The molecule has 1 fully saturated rings. The summed E-state index contributed by atoms with van der Waals surface area (Å²) in [4.78, 5) is 38.3. The molecule has 1 saturated carbocycles. The number of nitrogens with zero attached hydrogens (tertiary/aromatic N) is 4. The molecule has 0 aliphatic heterocycles. The second-order valence-corrected chi connectivity index (χ2v) is 13.5. The number of hydrogen-bond donors (Lipinski definition) is 0. The van der Waals surface area contributed by atoms with Crippen molar-refractivity contribution in [3.05, 3.63) is 75.5 Å². The van der Waals surface area contributed by atoms with Crippen molar-refractivity contribution in [2.75, 3.05) is 39.7 Å². The minimum absolute atomic E-state index is 0.0422. The van der Waals surface area contributed by atoms with Gasteiger partial charge in [0.2, 0.25) is 15.9 Å². The Bertz CT molecular complexity index is 1460. The highest BCUT2D eigenvalue weighted by molar-refractivity contribution is 7.89. The zero-order valence-electron chi connectivity index (χ0n) is 23.5. The number of amides is 1. The number of ether oxygens (including phenoxy) is 1. The number of aromatic nitrogens is 2. The molecule has 41 heavy (non-hydrogen) atoms. The Kier molecular flexibility index (Phi) is 9.88. The first-order valence-corrected chi connectivity index (χ1v) is 15.9. The zero-order chi connectivity index (χ0) is 29.6. The lowest BCUT2D eigenvalue weighted by molar-refractivity contribution is -0.134. The maximum Gasteiger partial charge on any atom is 0.235 e. The van der Waals surface area contributed by atoms with Crippen molar-refractivity contribution in [1.82, 2.24) is 19.2 Å². The van der Waals surface area contributed by atoms with E-state index in [4.69, 9.17) is 4.74 Å². The van der Waals surface area contributed by atoms with Crippen molar-refractivity contribution in [1.29, 1.82) is 0 Å². The Balaban J connectivity index is 1.54. The summed E-state index contributed by atoms with van der Waals surface area (Å²) in [7, 11) is -1.16. The Morgan fingerprint density at radius 2 is 1.85 bits per heavy atom. The fraction of sp³-hybridized carbons (Fsp3) is 0.448. The van der Waals surface area contributed by atoms with Crippen LogP contribution >= 0.6 is 11.3 Å². The third kappa shape index (κ3) is 7.35. The Morgan fingerprint density at radius 1 is 1.12 bits per heavy atom. The van der Waals surface area contributed by atoms with Gasteiger partial charge in [-0.25, -0.2) is 22.1 Å². The molecule has 1 aliphatic carbocycles. The molecule has 0 radical (unpaired) electrons. The Morgan fingerprint density at radius 3 is 2.46 bits per heavy atom. The first kappa shape index (κ1) is 30.7. The molecule has 0 unspecified atom stereocenters. The van der Waals surface area contributed by atoms with Crippen molar-refractivity contribution in [2.45, 2.75) is 44.6 Å². The molecule has 1 aromatic carbocycles. The number of Topliss-reactive ketones (excluding diaryl/α,β-unsaturated/α-hetero) is 1. The monoisotopic (exact) mass is 602 g/mol. The van der Waals surface area contributed by atoms with Crippen LogP contribution in [0.1, 0.15) is 50.9 Å². The number of carbonyl (C=O) groups is 2. The summed E-state index contributed by atoms with van der Waals surface area (Å²) >= 11 is 1.27. The number of rotatable bonds is 15. The van der Waals surface area contributed by atoms with E-state index in [1.54, 1.807) is 31.2 Å².